The van der Waals surface area contributed by atoms with E-state index in [-0.39, 0.29) is 16.7 Å². The van der Waals surface area contributed by atoms with E-state index >= 15 is 0 Å². The van der Waals surface area contributed by atoms with Crippen LogP contribution in [0.5, 0.6) is 0 Å². The van der Waals surface area contributed by atoms with Gasteiger partial charge in [-0.05, 0) is 28.9 Å². The van der Waals surface area contributed by atoms with Crippen molar-refractivity contribution < 1.29 is 5.21 Å². The number of aromatic nitrogens is 3. The molecule has 2 aromatic rings. The Kier molecular flexibility index (Phi) is 3.50. The first kappa shape index (κ1) is 12.8. The largest absolute Gasteiger partial charge is 0.410 e. The highest BCUT2D eigenvalue weighted by atomic mass is 79.9. The molecule has 0 radical (unpaired) electrons. The van der Waals surface area contributed by atoms with Crippen LogP contribution in [0.3, 0.4) is 0 Å². The first-order valence-electron chi connectivity index (χ1n) is 4.97. The first-order valence-corrected chi connectivity index (χ1v) is 6.14. The first-order chi connectivity index (χ1) is 8.62. The summed E-state index contributed by atoms with van der Waals surface area (Å²) >= 11 is 9.24. The smallest absolute Gasteiger partial charge is 0.222 e. The number of hydrogen-bond donors (Lipinski definition) is 1. The molecule has 0 spiro atoms. The fraction of sp³-hybridized carbons (Fsp3) is 0.200. The zero-order valence-corrected chi connectivity index (χ0v) is 11.6. The van der Waals surface area contributed by atoms with Crippen molar-refractivity contribution in [2.45, 2.75) is 13.5 Å². The Morgan fingerprint density at radius 3 is 2.94 bits per heavy atom. The molecule has 0 aliphatic carbocycles. The third kappa shape index (κ3) is 1.94. The molecule has 0 amide bonds. The fourth-order valence-corrected chi connectivity index (χ4v) is 2.40. The number of nitriles is 1. The molecule has 2 heterocycles. The minimum absolute atomic E-state index is 0.166. The van der Waals surface area contributed by atoms with Crippen molar-refractivity contribution in [3.63, 3.8) is 0 Å². The van der Waals surface area contributed by atoms with Crippen molar-refractivity contribution >= 4 is 44.3 Å². The molecule has 1 N–H and O–H groups in total. The van der Waals surface area contributed by atoms with E-state index in [1.54, 1.807) is 16.7 Å². The molecule has 0 fully saturated rings. The van der Waals surface area contributed by atoms with Crippen LogP contribution < -0.4 is 0 Å². The molecule has 92 valence electrons. The number of aryl methyl sites for hydroxylation is 1. The summed E-state index contributed by atoms with van der Waals surface area (Å²) in [5, 5.41) is 20.9. The maximum Gasteiger partial charge on any atom is 0.222 e. The molecule has 2 rings (SSSR count). The van der Waals surface area contributed by atoms with Gasteiger partial charge in [0.2, 0.25) is 5.71 Å². The lowest BCUT2D eigenvalue weighted by atomic mass is 10.4. The van der Waals surface area contributed by atoms with Gasteiger partial charge < -0.3 is 9.77 Å². The summed E-state index contributed by atoms with van der Waals surface area (Å²) in [6.07, 6.45) is 0. The van der Waals surface area contributed by atoms with Crippen LogP contribution in [0.4, 0.5) is 0 Å². The standard InChI is InChI=1S/C10H7BrClN5O/c1-2-17-6-3-7(11)14-9(12)8(6)15-10(17)5(4-13)16-18/h3,18H,2H2,1H3/b16-5-. The number of imidazole rings is 1. The molecule has 0 aliphatic rings. The maximum atomic E-state index is 8.90. The molecular formula is C10H7BrClN5O. The Hall–Kier alpha value is -1.65. The lowest BCUT2D eigenvalue weighted by Crippen LogP contribution is -2.08. The molecule has 0 unspecified atom stereocenters. The average molecular weight is 329 g/mol. The van der Waals surface area contributed by atoms with Gasteiger partial charge in [0.05, 0.1) is 5.52 Å². The number of rotatable bonds is 2. The summed E-state index contributed by atoms with van der Waals surface area (Å²) in [7, 11) is 0. The number of pyridine rings is 1. The summed E-state index contributed by atoms with van der Waals surface area (Å²) < 4.78 is 2.30. The van der Waals surface area contributed by atoms with E-state index in [1.165, 1.54) is 0 Å². The van der Waals surface area contributed by atoms with Crippen molar-refractivity contribution in [2.75, 3.05) is 0 Å². The van der Waals surface area contributed by atoms with Crippen molar-refractivity contribution in [3.8, 4) is 6.07 Å². The lowest BCUT2D eigenvalue weighted by Gasteiger charge is -2.03. The molecule has 18 heavy (non-hydrogen) atoms. The third-order valence-electron chi connectivity index (χ3n) is 2.40. The summed E-state index contributed by atoms with van der Waals surface area (Å²) in [5.41, 5.74) is 1.02. The van der Waals surface area contributed by atoms with E-state index in [4.69, 9.17) is 22.1 Å². The van der Waals surface area contributed by atoms with E-state index in [1.807, 2.05) is 6.92 Å². The van der Waals surface area contributed by atoms with Crippen LogP contribution in [0.25, 0.3) is 11.0 Å². The lowest BCUT2D eigenvalue weighted by molar-refractivity contribution is 0.319. The van der Waals surface area contributed by atoms with E-state index in [0.717, 1.165) is 5.52 Å². The highest BCUT2D eigenvalue weighted by molar-refractivity contribution is 9.10. The topological polar surface area (TPSA) is 87.1 Å². The highest BCUT2D eigenvalue weighted by Gasteiger charge is 2.18. The SMILES string of the molecule is CCn1c(/C(C#N)=N\O)nc2c(Cl)nc(Br)cc21. The van der Waals surface area contributed by atoms with Crippen molar-refractivity contribution in [2.24, 2.45) is 5.16 Å². The predicted octanol–water partition coefficient (Wildman–Crippen LogP) is 2.57. The predicted molar refractivity (Wildman–Crippen MR) is 69.8 cm³/mol. The second-order valence-corrected chi connectivity index (χ2v) is 4.51. The summed E-state index contributed by atoms with van der Waals surface area (Å²) in [5.74, 6) is 0.263. The highest BCUT2D eigenvalue weighted by Crippen LogP contribution is 2.25. The number of oxime groups is 1. The molecule has 0 atom stereocenters. The average Bonchev–Trinajstić information content (AvgIpc) is 2.69. The molecule has 2 aromatic heterocycles. The number of nitrogens with zero attached hydrogens (tertiary/aromatic N) is 5. The van der Waals surface area contributed by atoms with Crippen molar-refractivity contribution in [3.05, 3.63) is 21.6 Å². The van der Waals surface area contributed by atoms with Crippen LogP contribution in [-0.4, -0.2) is 25.5 Å². The Balaban J connectivity index is 2.85. The number of halogens is 2. The summed E-state index contributed by atoms with van der Waals surface area (Å²) in [4.78, 5) is 8.22. The maximum absolute atomic E-state index is 8.90. The van der Waals surface area contributed by atoms with Gasteiger partial charge in [-0.25, -0.2) is 9.97 Å². The second-order valence-electron chi connectivity index (χ2n) is 3.34. The van der Waals surface area contributed by atoms with Crippen LogP contribution in [0.15, 0.2) is 15.8 Å². The third-order valence-corrected chi connectivity index (χ3v) is 3.07. The van der Waals surface area contributed by atoms with Gasteiger partial charge in [-0.2, -0.15) is 5.26 Å². The quantitative estimate of drug-likeness (QED) is 0.397. The van der Waals surface area contributed by atoms with Gasteiger partial charge in [0.1, 0.15) is 16.2 Å². The van der Waals surface area contributed by atoms with Gasteiger partial charge in [-0.1, -0.05) is 16.8 Å². The van der Waals surface area contributed by atoms with Gasteiger partial charge in [0, 0.05) is 6.54 Å². The van der Waals surface area contributed by atoms with Gasteiger partial charge >= 0.3 is 0 Å². The fourth-order valence-electron chi connectivity index (χ4n) is 1.67. The molecule has 0 saturated carbocycles. The minimum Gasteiger partial charge on any atom is -0.410 e. The molecule has 0 bridgehead atoms. The number of hydrogen-bond acceptors (Lipinski definition) is 5. The minimum atomic E-state index is -0.166. The van der Waals surface area contributed by atoms with E-state index in [2.05, 4.69) is 31.1 Å². The van der Waals surface area contributed by atoms with Gasteiger partial charge in [-0.15, -0.1) is 0 Å². The molecule has 0 aromatic carbocycles. The molecular weight excluding hydrogens is 322 g/mol. The van der Waals surface area contributed by atoms with Crippen LogP contribution in [0, 0.1) is 11.3 Å². The second kappa shape index (κ2) is 4.92. The van der Waals surface area contributed by atoms with E-state index in [9.17, 15) is 0 Å². The van der Waals surface area contributed by atoms with Crippen molar-refractivity contribution in [1.29, 1.82) is 5.26 Å². The van der Waals surface area contributed by atoms with Crippen LogP contribution in [0.1, 0.15) is 12.7 Å². The van der Waals surface area contributed by atoms with Crippen LogP contribution in [0.2, 0.25) is 5.15 Å². The molecule has 8 heteroatoms. The zero-order valence-electron chi connectivity index (χ0n) is 9.22. The monoisotopic (exact) mass is 327 g/mol. The van der Waals surface area contributed by atoms with E-state index < -0.39 is 0 Å². The summed E-state index contributed by atoms with van der Waals surface area (Å²) in [6.45, 7) is 2.44. The Morgan fingerprint density at radius 2 is 2.39 bits per heavy atom. The van der Waals surface area contributed by atoms with Gasteiger partial charge in [-0.3, -0.25) is 0 Å². The summed E-state index contributed by atoms with van der Waals surface area (Å²) in [6, 6.07) is 3.52. The molecule has 6 nitrogen and oxygen atoms in total. The normalized spacial score (nSPS) is 11.8. The van der Waals surface area contributed by atoms with Crippen molar-refractivity contribution in [1.82, 2.24) is 14.5 Å². The molecule has 0 aliphatic heterocycles. The Labute approximate surface area is 116 Å². The van der Waals surface area contributed by atoms with Gasteiger partial charge in [0.25, 0.3) is 0 Å². The van der Waals surface area contributed by atoms with Crippen LogP contribution >= 0.6 is 27.5 Å². The van der Waals surface area contributed by atoms with E-state index in [0.29, 0.717) is 16.7 Å². The Bertz CT molecular complexity index is 688. The van der Waals surface area contributed by atoms with Gasteiger partial charge in [0.15, 0.2) is 11.0 Å². The Morgan fingerprint density at radius 1 is 1.67 bits per heavy atom. The molecule has 0 saturated heterocycles. The van der Waals surface area contributed by atoms with Crippen LogP contribution in [-0.2, 0) is 6.54 Å². The number of fused-ring (bicyclic) bond motifs is 1. The zero-order chi connectivity index (χ0) is 13.3.